The van der Waals surface area contributed by atoms with Crippen molar-refractivity contribution in [3.05, 3.63) is 35.5 Å². The molecule has 0 aromatic carbocycles. The Morgan fingerprint density at radius 2 is 2.32 bits per heavy atom. The van der Waals surface area contributed by atoms with Crippen LogP contribution in [0, 0.1) is 0 Å². The van der Waals surface area contributed by atoms with E-state index in [0.29, 0.717) is 19.0 Å². The van der Waals surface area contributed by atoms with Crippen molar-refractivity contribution in [3.8, 4) is 5.88 Å². The molecule has 0 aliphatic heterocycles. The number of pyridine rings is 1. The van der Waals surface area contributed by atoms with E-state index in [1.807, 2.05) is 26.0 Å². The number of rotatable bonds is 7. The molecule has 104 valence electrons. The Morgan fingerprint density at radius 3 is 2.95 bits per heavy atom. The summed E-state index contributed by atoms with van der Waals surface area (Å²) in [5.74, 6) is -0.311. The summed E-state index contributed by atoms with van der Waals surface area (Å²) in [6, 6.07) is 3.79. The molecule has 5 heteroatoms. The van der Waals surface area contributed by atoms with Crippen molar-refractivity contribution < 1.29 is 14.6 Å². The van der Waals surface area contributed by atoms with Crippen LogP contribution in [0.5, 0.6) is 5.88 Å². The minimum Gasteiger partial charge on any atom is -0.478 e. The third-order valence-electron chi connectivity index (χ3n) is 2.29. The van der Waals surface area contributed by atoms with Gasteiger partial charge < -0.3 is 15.2 Å². The second-order valence-electron chi connectivity index (χ2n) is 4.57. The molecule has 0 saturated heterocycles. The van der Waals surface area contributed by atoms with E-state index in [4.69, 9.17) is 9.84 Å². The monoisotopic (exact) mass is 264 g/mol. The van der Waals surface area contributed by atoms with Crippen molar-refractivity contribution in [1.82, 2.24) is 10.3 Å². The number of aromatic nitrogens is 1. The summed E-state index contributed by atoms with van der Waals surface area (Å²) in [5, 5.41) is 11.8. The fourth-order valence-corrected chi connectivity index (χ4v) is 1.54. The average molecular weight is 264 g/mol. The minimum atomic E-state index is -0.926. The predicted molar refractivity (Wildman–Crippen MR) is 73.1 cm³/mol. The van der Waals surface area contributed by atoms with Crippen LogP contribution in [0.4, 0.5) is 0 Å². The van der Waals surface area contributed by atoms with Crippen LogP contribution in [0.15, 0.2) is 30.0 Å². The summed E-state index contributed by atoms with van der Waals surface area (Å²) >= 11 is 0. The van der Waals surface area contributed by atoms with Crippen LogP contribution < -0.4 is 10.1 Å². The third-order valence-corrected chi connectivity index (χ3v) is 2.29. The molecule has 1 aromatic heterocycles. The summed E-state index contributed by atoms with van der Waals surface area (Å²) in [5.41, 5.74) is 1.72. The fourth-order valence-electron chi connectivity index (χ4n) is 1.54. The average Bonchev–Trinajstić information content (AvgIpc) is 2.29. The lowest BCUT2D eigenvalue weighted by atomic mass is 10.2. The molecule has 2 N–H and O–H groups in total. The fraction of sp³-hybridized carbons (Fsp3) is 0.429. The molecule has 0 spiro atoms. The Bertz CT molecular complexity index is 456. The van der Waals surface area contributed by atoms with Crippen molar-refractivity contribution in [2.75, 3.05) is 6.54 Å². The van der Waals surface area contributed by atoms with Gasteiger partial charge in [0.1, 0.15) is 0 Å². The highest BCUT2D eigenvalue weighted by molar-refractivity contribution is 5.80. The van der Waals surface area contributed by atoms with Gasteiger partial charge in [-0.05, 0) is 26.8 Å². The van der Waals surface area contributed by atoms with E-state index in [1.165, 1.54) is 6.08 Å². The molecular weight excluding hydrogens is 244 g/mol. The lowest BCUT2D eigenvalue weighted by Crippen LogP contribution is -2.18. The van der Waals surface area contributed by atoms with Crippen molar-refractivity contribution in [3.63, 3.8) is 0 Å². The standard InChI is InChI=1S/C14H20N2O3/c1-10(2)19-14-12(5-4-6-16-14)9-15-8-11(3)7-13(17)18/h4-7,10,15H,8-9H2,1-3H3,(H,17,18)/b11-7+. The van der Waals surface area contributed by atoms with Crippen molar-refractivity contribution in [2.45, 2.75) is 33.4 Å². The zero-order valence-electron chi connectivity index (χ0n) is 11.5. The first-order valence-corrected chi connectivity index (χ1v) is 6.20. The maximum absolute atomic E-state index is 10.5. The van der Waals surface area contributed by atoms with Gasteiger partial charge in [-0.15, -0.1) is 0 Å². The molecule has 5 nitrogen and oxygen atoms in total. The summed E-state index contributed by atoms with van der Waals surface area (Å²) < 4.78 is 5.61. The lowest BCUT2D eigenvalue weighted by Gasteiger charge is -2.13. The molecular formula is C14H20N2O3. The second-order valence-corrected chi connectivity index (χ2v) is 4.57. The molecule has 0 aliphatic carbocycles. The topological polar surface area (TPSA) is 71.5 Å². The number of carbonyl (C=O) groups is 1. The normalized spacial score (nSPS) is 11.7. The minimum absolute atomic E-state index is 0.0716. The van der Waals surface area contributed by atoms with E-state index in [-0.39, 0.29) is 6.10 Å². The highest BCUT2D eigenvalue weighted by atomic mass is 16.5. The number of carboxylic acid groups (broad SMARTS) is 1. The maximum atomic E-state index is 10.5. The van der Waals surface area contributed by atoms with Gasteiger partial charge in [0, 0.05) is 30.9 Å². The molecule has 0 aliphatic rings. The Balaban J connectivity index is 2.56. The number of aliphatic carboxylic acids is 1. The SMILES string of the molecule is C/C(=C\C(=O)O)CNCc1cccnc1OC(C)C. The highest BCUT2D eigenvalue weighted by Gasteiger charge is 2.06. The van der Waals surface area contributed by atoms with Crippen LogP contribution in [0.2, 0.25) is 0 Å². The summed E-state index contributed by atoms with van der Waals surface area (Å²) in [7, 11) is 0. The first-order valence-electron chi connectivity index (χ1n) is 6.20. The number of hydrogen-bond donors (Lipinski definition) is 2. The van der Waals surface area contributed by atoms with Gasteiger partial charge in [0.2, 0.25) is 5.88 Å². The van der Waals surface area contributed by atoms with Gasteiger partial charge >= 0.3 is 5.97 Å². The number of nitrogens with zero attached hydrogens (tertiary/aromatic N) is 1. The molecule has 0 fully saturated rings. The number of ether oxygens (including phenoxy) is 1. The molecule has 19 heavy (non-hydrogen) atoms. The van der Waals surface area contributed by atoms with Gasteiger partial charge in [0.05, 0.1) is 6.10 Å². The van der Waals surface area contributed by atoms with Gasteiger partial charge in [-0.1, -0.05) is 11.6 Å². The van der Waals surface area contributed by atoms with E-state index in [1.54, 1.807) is 13.1 Å². The Labute approximate surface area is 113 Å². The first kappa shape index (κ1) is 15.2. The smallest absolute Gasteiger partial charge is 0.328 e. The Hall–Kier alpha value is -1.88. The molecule has 1 aromatic rings. The second kappa shape index (κ2) is 7.53. The predicted octanol–water partition coefficient (Wildman–Crippen LogP) is 1.99. The van der Waals surface area contributed by atoms with Gasteiger partial charge in [-0.3, -0.25) is 0 Å². The van der Waals surface area contributed by atoms with Crippen molar-refractivity contribution in [1.29, 1.82) is 0 Å². The van der Waals surface area contributed by atoms with Gasteiger partial charge in [0.15, 0.2) is 0 Å². The first-order chi connectivity index (χ1) is 8.99. The van der Waals surface area contributed by atoms with Gasteiger partial charge in [-0.2, -0.15) is 0 Å². The molecule has 1 heterocycles. The van der Waals surface area contributed by atoms with Crippen LogP contribution in [0.3, 0.4) is 0 Å². The summed E-state index contributed by atoms with van der Waals surface area (Å²) in [6.45, 7) is 6.77. The molecule has 0 atom stereocenters. The Kier molecular flexibility index (Phi) is 6.02. The van der Waals surface area contributed by atoms with Gasteiger partial charge in [0.25, 0.3) is 0 Å². The molecule has 0 bridgehead atoms. The highest BCUT2D eigenvalue weighted by Crippen LogP contribution is 2.15. The molecule has 0 saturated carbocycles. The molecule has 0 radical (unpaired) electrons. The quantitative estimate of drug-likeness (QED) is 0.737. The number of hydrogen-bond acceptors (Lipinski definition) is 4. The van der Waals surface area contributed by atoms with Crippen LogP contribution in [0.25, 0.3) is 0 Å². The van der Waals surface area contributed by atoms with Crippen LogP contribution in [0.1, 0.15) is 26.3 Å². The summed E-state index contributed by atoms with van der Waals surface area (Å²) in [4.78, 5) is 14.7. The van der Waals surface area contributed by atoms with E-state index in [9.17, 15) is 4.79 Å². The molecule has 0 amide bonds. The molecule has 1 rings (SSSR count). The number of carboxylic acids is 1. The zero-order chi connectivity index (χ0) is 14.3. The van der Waals surface area contributed by atoms with E-state index < -0.39 is 5.97 Å². The maximum Gasteiger partial charge on any atom is 0.328 e. The third kappa shape index (κ3) is 6.01. The largest absolute Gasteiger partial charge is 0.478 e. The van der Waals surface area contributed by atoms with E-state index in [0.717, 1.165) is 11.1 Å². The lowest BCUT2D eigenvalue weighted by molar-refractivity contribution is -0.131. The van der Waals surface area contributed by atoms with Crippen LogP contribution >= 0.6 is 0 Å². The Morgan fingerprint density at radius 1 is 1.58 bits per heavy atom. The van der Waals surface area contributed by atoms with E-state index >= 15 is 0 Å². The summed E-state index contributed by atoms with van der Waals surface area (Å²) in [6.07, 6.45) is 2.96. The van der Waals surface area contributed by atoms with E-state index in [2.05, 4.69) is 10.3 Å². The van der Waals surface area contributed by atoms with Crippen LogP contribution in [-0.2, 0) is 11.3 Å². The van der Waals surface area contributed by atoms with Gasteiger partial charge in [-0.25, -0.2) is 9.78 Å². The molecule has 0 unspecified atom stereocenters. The van der Waals surface area contributed by atoms with Crippen molar-refractivity contribution in [2.24, 2.45) is 0 Å². The zero-order valence-corrected chi connectivity index (χ0v) is 11.5. The van der Waals surface area contributed by atoms with Crippen molar-refractivity contribution >= 4 is 5.97 Å². The number of nitrogens with one attached hydrogen (secondary N) is 1. The van der Waals surface area contributed by atoms with Crippen LogP contribution in [-0.4, -0.2) is 28.7 Å².